The summed E-state index contributed by atoms with van der Waals surface area (Å²) in [5, 5.41) is 9.58. The van der Waals surface area contributed by atoms with Crippen molar-refractivity contribution in [2.45, 2.75) is 43.3 Å². The zero-order chi connectivity index (χ0) is 20.5. The van der Waals surface area contributed by atoms with Crippen LogP contribution in [0.25, 0.3) is 0 Å². The average molecular weight is 425 g/mol. The fourth-order valence-corrected chi connectivity index (χ4v) is 4.74. The zero-order valence-electron chi connectivity index (χ0n) is 16.9. The fourth-order valence-electron chi connectivity index (χ4n) is 3.92. The first-order valence-electron chi connectivity index (χ1n) is 10.3. The summed E-state index contributed by atoms with van der Waals surface area (Å²) in [7, 11) is 1.67. The van der Waals surface area contributed by atoms with Crippen molar-refractivity contribution in [2.75, 3.05) is 24.3 Å². The van der Waals surface area contributed by atoms with Gasteiger partial charge in [-0.3, -0.25) is 9.36 Å². The van der Waals surface area contributed by atoms with E-state index in [4.69, 9.17) is 9.15 Å². The third-order valence-electron chi connectivity index (χ3n) is 5.61. The number of carbonyl (C=O) groups excluding carboxylic acids is 1. The number of nitrogens with zero attached hydrogens (tertiary/aromatic N) is 4. The molecule has 3 heterocycles. The molecular formula is C22H24N4O3S. The second-order valence-corrected chi connectivity index (χ2v) is 8.66. The number of aryl methyl sites for hydroxylation is 1. The normalized spacial score (nSPS) is 15.8. The predicted molar refractivity (Wildman–Crippen MR) is 114 cm³/mol. The Balaban J connectivity index is 1.32. The summed E-state index contributed by atoms with van der Waals surface area (Å²) < 4.78 is 13.0. The van der Waals surface area contributed by atoms with Crippen molar-refractivity contribution >= 4 is 23.4 Å². The molecule has 156 valence electrons. The van der Waals surface area contributed by atoms with Crippen LogP contribution in [-0.4, -0.2) is 40.1 Å². The first kappa shape index (κ1) is 19.2. The van der Waals surface area contributed by atoms with E-state index in [1.165, 1.54) is 11.8 Å². The number of methoxy groups -OCH3 is 1. The van der Waals surface area contributed by atoms with Crippen molar-refractivity contribution in [1.82, 2.24) is 14.8 Å². The summed E-state index contributed by atoms with van der Waals surface area (Å²) in [4.78, 5) is 15.0. The molecule has 1 saturated carbocycles. The molecule has 0 radical (unpaired) electrons. The van der Waals surface area contributed by atoms with Crippen LogP contribution in [0.3, 0.4) is 0 Å². The minimum atomic E-state index is 0.0895. The van der Waals surface area contributed by atoms with E-state index in [0.717, 1.165) is 66.0 Å². The third-order valence-corrected chi connectivity index (χ3v) is 6.56. The van der Waals surface area contributed by atoms with Crippen LogP contribution >= 0.6 is 11.8 Å². The summed E-state index contributed by atoms with van der Waals surface area (Å²) >= 11 is 1.45. The molecule has 0 bridgehead atoms. The number of furan rings is 1. The number of benzene rings is 1. The number of thioether (sulfide) groups is 1. The lowest BCUT2D eigenvalue weighted by Crippen LogP contribution is -2.36. The topological polar surface area (TPSA) is 73.4 Å². The van der Waals surface area contributed by atoms with Crippen LogP contribution in [0, 0.1) is 0 Å². The van der Waals surface area contributed by atoms with Gasteiger partial charge in [0.25, 0.3) is 0 Å². The van der Waals surface area contributed by atoms with Gasteiger partial charge in [-0.25, -0.2) is 0 Å². The molecule has 8 heteroatoms. The van der Waals surface area contributed by atoms with Gasteiger partial charge in [-0.2, -0.15) is 0 Å². The maximum atomic E-state index is 13.1. The molecule has 0 spiro atoms. The van der Waals surface area contributed by atoms with E-state index in [2.05, 4.69) is 14.8 Å². The quantitative estimate of drug-likeness (QED) is 0.536. The molecule has 5 rings (SSSR count). The summed E-state index contributed by atoms with van der Waals surface area (Å²) in [6.45, 7) is 1.33. The monoisotopic (exact) mass is 424 g/mol. The van der Waals surface area contributed by atoms with Crippen LogP contribution in [0.15, 0.2) is 46.2 Å². The first-order valence-corrected chi connectivity index (χ1v) is 11.3. The molecule has 0 saturated heterocycles. The van der Waals surface area contributed by atoms with Crippen molar-refractivity contribution in [2.24, 2.45) is 0 Å². The standard InChI is InChI=1S/C22H24N4O3S/c1-28-17-8-9-19-16(12-17)4-2-10-25(19)20(27)14-30-22-24-23-21(15-6-7-15)26(22)13-18-5-3-11-29-18/h3,5,8-9,11-12,15H,2,4,6-7,10,13-14H2,1H3. The van der Waals surface area contributed by atoms with Crippen LogP contribution < -0.4 is 9.64 Å². The summed E-state index contributed by atoms with van der Waals surface area (Å²) in [5.41, 5.74) is 2.15. The highest BCUT2D eigenvalue weighted by molar-refractivity contribution is 7.99. The third kappa shape index (κ3) is 3.84. The molecule has 2 aliphatic rings. The smallest absolute Gasteiger partial charge is 0.237 e. The van der Waals surface area contributed by atoms with Gasteiger partial charge in [-0.05, 0) is 61.6 Å². The van der Waals surface area contributed by atoms with Crippen molar-refractivity contribution < 1.29 is 13.9 Å². The van der Waals surface area contributed by atoms with E-state index in [1.54, 1.807) is 13.4 Å². The fraction of sp³-hybridized carbons (Fsp3) is 0.409. The number of ether oxygens (including phenoxy) is 1. The Morgan fingerprint density at radius 1 is 1.30 bits per heavy atom. The van der Waals surface area contributed by atoms with E-state index in [-0.39, 0.29) is 5.91 Å². The Morgan fingerprint density at radius 2 is 2.20 bits per heavy atom. The molecule has 30 heavy (non-hydrogen) atoms. The van der Waals surface area contributed by atoms with E-state index < -0.39 is 0 Å². The maximum Gasteiger partial charge on any atom is 0.237 e. The zero-order valence-corrected chi connectivity index (χ0v) is 17.7. The Morgan fingerprint density at radius 3 is 2.97 bits per heavy atom. The highest BCUT2D eigenvalue weighted by atomic mass is 32.2. The number of amides is 1. The molecule has 0 atom stereocenters. The van der Waals surface area contributed by atoms with Crippen molar-refractivity contribution in [3.05, 3.63) is 53.7 Å². The Labute approximate surface area is 179 Å². The molecule has 1 amide bonds. The molecule has 1 aliphatic heterocycles. The van der Waals surface area contributed by atoms with Crippen molar-refractivity contribution in [3.8, 4) is 5.75 Å². The highest BCUT2D eigenvalue weighted by Crippen LogP contribution is 2.40. The summed E-state index contributed by atoms with van der Waals surface area (Å²) in [6, 6.07) is 9.77. The van der Waals surface area contributed by atoms with Crippen molar-refractivity contribution in [3.63, 3.8) is 0 Å². The Kier molecular flexibility index (Phi) is 5.25. The molecule has 0 N–H and O–H groups in total. The molecule has 3 aromatic rings. The molecule has 1 aliphatic carbocycles. The van der Waals surface area contributed by atoms with Crippen LogP contribution in [0.4, 0.5) is 5.69 Å². The van der Waals surface area contributed by atoms with Gasteiger partial charge >= 0.3 is 0 Å². The lowest BCUT2D eigenvalue weighted by atomic mass is 10.0. The van der Waals surface area contributed by atoms with Gasteiger partial charge in [-0.1, -0.05) is 11.8 Å². The maximum absolute atomic E-state index is 13.1. The number of anilines is 1. The molecule has 1 aromatic carbocycles. The number of rotatable bonds is 7. The van der Waals surface area contributed by atoms with Crippen LogP contribution in [-0.2, 0) is 17.8 Å². The molecule has 0 unspecified atom stereocenters. The van der Waals surface area contributed by atoms with Gasteiger partial charge in [0.1, 0.15) is 17.3 Å². The number of hydrogen-bond acceptors (Lipinski definition) is 6. The van der Waals surface area contributed by atoms with E-state index in [0.29, 0.717) is 18.2 Å². The number of hydrogen-bond donors (Lipinski definition) is 0. The lowest BCUT2D eigenvalue weighted by Gasteiger charge is -2.29. The van der Waals surface area contributed by atoms with Gasteiger partial charge in [0.15, 0.2) is 5.16 Å². The SMILES string of the molecule is COc1ccc2c(c1)CCCN2C(=O)CSc1nnc(C2CC2)n1Cc1ccco1. The van der Waals surface area contributed by atoms with Crippen molar-refractivity contribution in [1.29, 1.82) is 0 Å². The van der Waals surface area contributed by atoms with Crippen LogP contribution in [0.1, 0.15) is 42.3 Å². The van der Waals surface area contributed by atoms with Gasteiger partial charge in [-0.15, -0.1) is 10.2 Å². The minimum Gasteiger partial charge on any atom is -0.497 e. The largest absolute Gasteiger partial charge is 0.497 e. The van der Waals surface area contributed by atoms with Crippen LogP contribution in [0.5, 0.6) is 5.75 Å². The van der Waals surface area contributed by atoms with E-state index in [9.17, 15) is 4.79 Å². The molecule has 2 aromatic heterocycles. The second-order valence-electron chi connectivity index (χ2n) is 7.71. The molecule has 7 nitrogen and oxygen atoms in total. The highest BCUT2D eigenvalue weighted by Gasteiger charge is 2.31. The molecular weight excluding hydrogens is 400 g/mol. The predicted octanol–water partition coefficient (Wildman–Crippen LogP) is 3.88. The first-order chi connectivity index (χ1) is 14.7. The number of aromatic nitrogens is 3. The Hall–Kier alpha value is -2.74. The summed E-state index contributed by atoms with van der Waals surface area (Å²) in [5.74, 6) is 3.58. The summed E-state index contributed by atoms with van der Waals surface area (Å²) in [6.07, 6.45) is 5.89. The van der Waals surface area contributed by atoms with Gasteiger partial charge < -0.3 is 14.1 Å². The minimum absolute atomic E-state index is 0.0895. The average Bonchev–Trinajstić information content (AvgIpc) is 3.34. The van der Waals surface area contributed by atoms with Crippen LogP contribution in [0.2, 0.25) is 0 Å². The molecule has 1 fully saturated rings. The lowest BCUT2D eigenvalue weighted by molar-refractivity contribution is -0.116. The Bertz CT molecular complexity index is 1040. The van der Waals surface area contributed by atoms with Gasteiger partial charge in [0, 0.05) is 18.2 Å². The van der Waals surface area contributed by atoms with E-state index >= 15 is 0 Å². The number of fused-ring (bicyclic) bond motifs is 1. The van der Waals surface area contributed by atoms with Gasteiger partial charge in [0.05, 0.1) is 25.7 Å². The van der Waals surface area contributed by atoms with E-state index in [1.807, 2.05) is 35.2 Å². The van der Waals surface area contributed by atoms with Gasteiger partial charge in [0.2, 0.25) is 5.91 Å². The second kappa shape index (κ2) is 8.18. The number of carbonyl (C=O) groups is 1.